The Kier molecular flexibility index (Phi) is 3.95. The first-order valence-electron chi connectivity index (χ1n) is 4.90. The maximum atomic E-state index is 12.3. The molecule has 0 radical (unpaired) electrons. The molecular weight excluding hydrogens is 372 g/mol. The van der Waals surface area contributed by atoms with E-state index in [2.05, 4.69) is 25.8 Å². The molecule has 2 heterocycles. The number of rotatable bonds is 4. The molecule has 3 N–H and O–H groups in total. The number of nitrogens with one attached hydrogen (secondary N) is 1. The molecule has 0 bridgehead atoms. The predicted octanol–water partition coefficient (Wildman–Crippen LogP) is 1.68. The van der Waals surface area contributed by atoms with Crippen LogP contribution < -0.4 is 10.5 Å². The number of halogens is 1. The highest BCUT2D eigenvalue weighted by atomic mass is 79.9. The lowest BCUT2D eigenvalue weighted by molar-refractivity contribution is 0.602. The number of nitrogens with zero attached hydrogens (tertiary/aromatic N) is 2. The smallest absolute Gasteiger partial charge is 0.273 e. The van der Waals surface area contributed by atoms with E-state index in [4.69, 9.17) is 18.0 Å². The summed E-state index contributed by atoms with van der Waals surface area (Å²) in [6, 6.07) is 1.66. The van der Waals surface area contributed by atoms with E-state index in [0.717, 1.165) is 11.3 Å². The Labute approximate surface area is 127 Å². The van der Waals surface area contributed by atoms with Gasteiger partial charge in [-0.25, -0.2) is 8.42 Å². The van der Waals surface area contributed by atoms with Gasteiger partial charge in [-0.05, 0) is 27.4 Å². The topological polar surface area (TPSA) is 90.0 Å². The van der Waals surface area contributed by atoms with E-state index < -0.39 is 10.0 Å². The van der Waals surface area contributed by atoms with Gasteiger partial charge >= 0.3 is 0 Å². The van der Waals surface area contributed by atoms with Crippen LogP contribution in [0, 0.1) is 0 Å². The van der Waals surface area contributed by atoms with Crippen LogP contribution in [0.1, 0.15) is 5.56 Å². The molecule has 19 heavy (non-hydrogen) atoms. The molecule has 102 valence electrons. The van der Waals surface area contributed by atoms with E-state index in [1.807, 2.05) is 0 Å². The number of aromatic nitrogens is 2. The van der Waals surface area contributed by atoms with Crippen LogP contribution in [0.2, 0.25) is 0 Å². The Balaban J connectivity index is 2.45. The molecule has 0 aliphatic rings. The normalized spacial score (nSPS) is 11.5. The number of nitrogens with two attached hydrogens (primary N) is 1. The average Bonchev–Trinajstić information content (AvgIpc) is 2.86. The van der Waals surface area contributed by atoms with E-state index in [1.54, 1.807) is 18.5 Å². The van der Waals surface area contributed by atoms with Gasteiger partial charge < -0.3 is 5.73 Å². The van der Waals surface area contributed by atoms with E-state index in [0.29, 0.717) is 10.0 Å². The minimum absolute atomic E-state index is 0.0797. The fraction of sp³-hybridized carbons (Fsp3) is 0.111. The van der Waals surface area contributed by atoms with E-state index in [-0.39, 0.29) is 15.0 Å². The summed E-state index contributed by atoms with van der Waals surface area (Å²) in [6.07, 6.45) is 1.42. The van der Waals surface area contributed by atoms with Crippen molar-refractivity contribution in [1.29, 1.82) is 0 Å². The molecule has 0 aromatic carbocycles. The van der Waals surface area contributed by atoms with Gasteiger partial charge in [-0.1, -0.05) is 12.2 Å². The quantitative estimate of drug-likeness (QED) is 0.787. The summed E-state index contributed by atoms with van der Waals surface area (Å²) in [5.41, 5.74) is 5.92. The van der Waals surface area contributed by atoms with Gasteiger partial charge in [-0.3, -0.25) is 9.40 Å². The molecule has 0 spiro atoms. The first kappa shape index (κ1) is 14.4. The molecular formula is C9H9BrN4O2S3. The van der Waals surface area contributed by atoms with E-state index in [9.17, 15) is 8.42 Å². The monoisotopic (exact) mass is 380 g/mol. The largest absolute Gasteiger partial charge is 0.389 e. The SMILES string of the molecule is Cn1ncc(C(N)=S)c1NS(=O)(=O)c1sccc1Br. The summed E-state index contributed by atoms with van der Waals surface area (Å²) in [5, 5.41) is 5.62. The zero-order valence-electron chi connectivity index (χ0n) is 9.62. The van der Waals surface area contributed by atoms with Gasteiger partial charge in [0.15, 0.2) is 4.21 Å². The number of thiocarbonyl (C=S) groups is 1. The summed E-state index contributed by atoms with van der Waals surface area (Å²) in [6.45, 7) is 0. The highest BCUT2D eigenvalue weighted by Crippen LogP contribution is 2.29. The lowest BCUT2D eigenvalue weighted by Gasteiger charge is -2.09. The van der Waals surface area contributed by atoms with Gasteiger partial charge in [0.25, 0.3) is 10.0 Å². The summed E-state index contributed by atoms with van der Waals surface area (Å²) < 4.78 is 29.0. The third-order valence-corrected chi connectivity index (χ3v) is 6.49. The van der Waals surface area contributed by atoms with E-state index in [1.165, 1.54) is 10.9 Å². The van der Waals surface area contributed by atoms with Gasteiger partial charge in [0.2, 0.25) is 0 Å². The van der Waals surface area contributed by atoms with Gasteiger partial charge in [-0.15, -0.1) is 11.3 Å². The molecule has 2 rings (SSSR count). The average molecular weight is 381 g/mol. The first-order valence-corrected chi connectivity index (χ1v) is 8.47. The van der Waals surface area contributed by atoms with Crippen molar-refractivity contribution in [2.45, 2.75) is 4.21 Å². The third-order valence-electron chi connectivity index (χ3n) is 2.26. The number of aryl methyl sites for hydroxylation is 1. The van der Waals surface area contributed by atoms with Gasteiger partial charge in [0.1, 0.15) is 10.8 Å². The van der Waals surface area contributed by atoms with Crippen molar-refractivity contribution in [3.8, 4) is 0 Å². The van der Waals surface area contributed by atoms with E-state index >= 15 is 0 Å². The molecule has 2 aromatic heterocycles. The molecule has 0 saturated carbocycles. The van der Waals surface area contributed by atoms with Crippen molar-refractivity contribution in [2.24, 2.45) is 12.8 Å². The van der Waals surface area contributed by atoms with Gasteiger partial charge in [0.05, 0.1) is 11.8 Å². The van der Waals surface area contributed by atoms with Crippen LogP contribution in [0.5, 0.6) is 0 Å². The van der Waals surface area contributed by atoms with Gasteiger partial charge in [0, 0.05) is 11.5 Å². The molecule has 0 fully saturated rings. The lowest BCUT2D eigenvalue weighted by Crippen LogP contribution is -2.18. The zero-order chi connectivity index (χ0) is 14.2. The molecule has 0 amide bonds. The standard InChI is InChI=1S/C9H9BrN4O2S3/c1-14-8(5(4-12-14)7(11)17)13-19(15,16)9-6(10)2-3-18-9/h2-4,13H,1H3,(H2,11,17). The third kappa shape index (κ3) is 2.81. The second-order valence-corrected chi connectivity index (χ2v) is 7.64. The Hall–Kier alpha value is -0.970. The van der Waals surface area contributed by atoms with Crippen LogP contribution in [0.3, 0.4) is 0 Å². The van der Waals surface area contributed by atoms with Crippen molar-refractivity contribution in [3.05, 3.63) is 27.7 Å². The fourth-order valence-electron chi connectivity index (χ4n) is 1.38. The molecule has 0 aliphatic carbocycles. The maximum Gasteiger partial charge on any atom is 0.273 e. The van der Waals surface area contributed by atoms with Crippen LogP contribution >= 0.6 is 39.5 Å². The fourth-order valence-corrected chi connectivity index (χ4v) is 4.98. The van der Waals surface area contributed by atoms with Crippen LogP contribution in [-0.2, 0) is 17.1 Å². The minimum Gasteiger partial charge on any atom is -0.389 e. The Morgan fingerprint density at radius 3 is 2.84 bits per heavy atom. The highest BCUT2D eigenvalue weighted by molar-refractivity contribution is 9.10. The van der Waals surface area contributed by atoms with Crippen molar-refractivity contribution >= 4 is 60.3 Å². The molecule has 2 aromatic rings. The number of hydrogen-bond donors (Lipinski definition) is 2. The summed E-state index contributed by atoms with van der Waals surface area (Å²) in [5.74, 6) is 0.243. The summed E-state index contributed by atoms with van der Waals surface area (Å²) in [4.78, 5) is 0.0797. The summed E-state index contributed by atoms with van der Waals surface area (Å²) in [7, 11) is -2.10. The van der Waals surface area contributed by atoms with Crippen LogP contribution in [0.4, 0.5) is 5.82 Å². The van der Waals surface area contributed by atoms with Crippen molar-refractivity contribution < 1.29 is 8.42 Å². The number of hydrogen-bond acceptors (Lipinski definition) is 5. The Morgan fingerprint density at radius 2 is 2.32 bits per heavy atom. The molecule has 0 unspecified atom stereocenters. The molecule has 6 nitrogen and oxygen atoms in total. The van der Waals surface area contributed by atoms with Crippen molar-refractivity contribution in [2.75, 3.05) is 4.72 Å². The second kappa shape index (κ2) is 5.19. The zero-order valence-corrected chi connectivity index (χ0v) is 13.7. The Bertz CT molecular complexity index is 734. The van der Waals surface area contributed by atoms with Crippen LogP contribution in [-0.4, -0.2) is 23.2 Å². The van der Waals surface area contributed by atoms with Crippen LogP contribution in [0.15, 0.2) is 26.3 Å². The lowest BCUT2D eigenvalue weighted by atomic mass is 10.3. The minimum atomic E-state index is -3.70. The predicted molar refractivity (Wildman–Crippen MR) is 81.9 cm³/mol. The van der Waals surface area contributed by atoms with Crippen molar-refractivity contribution in [1.82, 2.24) is 9.78 Å². The molecule has 0 saturated heterocycles. The summed E-state index contributed by atoms with van der Waals surface area (Å²) >= 11 is 9.16. The first-order chi connectivity index (χ1) is 8.83. The molecule has 0 atom stereocenters. The van der Waals surface area contributed by atoms with Crippen LogP contribution in [0.25, 0.3) is 0 Å². The molecule has 10 heteroatoms. The van der Waals surface area contributed by atoms with Crippen molar-refractivity contribution in [3.63, 3.8) is 0 Å². The Morgan fingerprint density at radius 1 is 1.63 bits per heavy atom. The van der Waals surface area contributed by atoms with Gasteiger partial charge in [-0.2, -0.15) is 5.10 Å². The highest BCUT2D eigenvalue weighted by Gasteiger charge is 2.23. The number of thiophene rings is 1. The second-order valence-electron chi connectivity index (χ2n) is 3.56. The molecule has 0 aliphatic heterocycles. The maximum absolute atomic E-state index is 12.3. The number of anilines is 1. The number of sulfonamides is 1.